The van der Waals surface area contributed by atoms with Crippen molar-refractivity contribution in [2.45, 2.75) is 6.42 Å². The number of carbonyl (C=O) groups excluding carboxylic acids is 1. The molecule has 0 aromatic heterocycles. The molecule has 104 valence electrons. The van der Waals surface area contributed by atoms with Crippen molar-refractivity contribution in [3.63, 3.8) is 0 Å². The molecule has 2 rings (SSSR count). The number of halogens is 2. The average Bonchev–Trinajstić information content (AvgIpc) is 2.43. The summed E-state index contributed by atoms with van der Waals surface area (Å²) in [5, 5.41) is -0.00564. The lowest BCUT2D eigenvalue weighted by Gasteiger charge is -2.09. The minimum atomic E-state index is -0.510. The number of ether oxygens (including phenoxy) is 1. The first kappa shape index (κ1) is 14.3. The second-order valence-corrected chi connectivity index (χ2v) is 4.68. The Labute approximate surface area is 121 Å². The fourth-order valence-electron chi connectivity index (χ4n) is 1.90. The minimum absolute atomic E-state index is 0.00564. The Balaban J connectivity index is 2.26. The summed E-state index contributed by atoms with van der Waals surface area (Å²) in [6, 6.07) is 9.20. The van der Waals surface area contributed by atoms with E-state index in [0.717, 1.165) is 0 Å². The highest BCUT2D eigenvalue weighted by Crippen LogP contribution is 2.26. The number of hydrogen-bond donors (Lipinski definition) is 1. The van der Waals surface area contributed by atoms with E-state index in [0.29, 0.717) is 22.6 Å². The molecule has 2 aromatic rings. The van der Waals surface area contributed by atoms with Crippen LogP contribution < -0.4 is 10.5 Å². The van der Waals surface area contributed by atoms with Crippen molar-refractivity contribution in [1.29, 1.82) is 0 Å². The molecule has 0 atom stereocenters. The van der Waals surface area contributed by atoms with Crippen LogP contribution in [0.1, 0.15) is 15.9 Å². The molecule has 0 amide bonds. The maximum atomic E-state index is 13.1. The van der Waals surface area contributed by atoms with Gasteiger partial charge >= 0.3 is 0 Å². The molecule has 0 aliphatic rings. The van der Waals surface area contributed by atoms with E-state index < -0.39 is 5.82 Å². The molecule has 0 bridgehead atoms. The Morgan fingerprint density at radius 2 is 2.10 bits per heavy atom. The lowest BCUT2D eigenvalue weighted by Crippen LogP contribution is -2.08. The molecule has 3 nitrogen and oxygen atoms in total. The third-order valence-corrected chi connectivity index (χ3v) is 3.22. The van der Waals surface area contributed by atoms with Crippen LogP contribution in [0.4, 0.5) is 10.1 Å². The van der Waals surface area contributed by atoms with Crippen LogP contribution in [0, 0.1) is 5.82 Å². The average molecular weight is 294 g/mol. The lowest BCUT2D eigenvalue weighted by atomic mass is 10.0. The first-order valence-corrected chi connectivity index (χ1v) is 6.30. The van der Waals surface area contributed by atoms with E-state index in [1.807, 2.05) is 0 Å². The van der Waals surface area contributed by atoms with Crippen molar-refractivity contribution in [2.24, 2.45) is 0 Å². The molecule has 2 aromatic carbocycles. The molecular formula is C15H13ClFNO2. The van der Waals surface area contributed by atoms with Gasteiger partial charge in [0, 0.05) is 12.0 Å². The highest BCUT2D eigenvalue weighted by Gasteiger charge is 2.14. The van der Waals surface area contributed by atoms with Crippen LogP contribution in [0.15, 0.2) is 36.4 Å². The van der Waals surface area contributed by atoms with Crippen LogP contribution in [0.25, 0.3) is 0 Å². The van der Waals surface area contributed by atoms with Crippen molar-refractivity contribution in [3.8, 4) is 5.75 Å². The molecule has 0 radical (unpaired) electrons. The highest BCUT2D eigenvalue weighted by molar-refractivity contribution is 6.30. The van der Waals surface area contributed by atoms with Crippen LogP contribution in [0.3, 0.4) is 0 Å². The molecule has 0 fully saturated rings. The summed E-state index contributed by atoms with van der Waals surface area (Å²) in [5.74, 6) is -0.235. The molecule has 0 spiro atoms. The second-order valence-electron chi connectivity index (χ2n) is 4.27. The number of benzene rings is 2. The van der Waals surface area contributed by atoms with E-state index in [2.05, 4.69) is 0 Å². The largest absolute Gasteiger partial charge is 0.495 e. The van der Waals surface area contributed by atoms with Gasteiger partial charge in [0.2, 0.25) is 0 Å². The number of carbonyl (C=O) groups is 1. The number of rotatable bonds is 4. The third kappa shape index (κ3) is 2.91. The molecule has 0 aliphatic heterocycles. The van der Waals surface area contributed by atoms with E-state index in [9.17, 15) is 9.18 Å². The van der Waals surface area contributed by atoms with Gasteiger partial charge in [-0.15, -0.1) is 0 Å². The summed E-state index contributed by atoms with van der Waals surface area (Å²) in [4.78, 5) is 12.2. The Kier molecular flexibility index (Phi) is 4.25. The van der Waals surface area contributed by atoms with Crippen LogP contribution in [-0.2, 0) is 6.42 Å². The van der Waals surface area contributed by atoms with Gasteiger partial charge in [-0.2, -0.15) is 0 Å². The van der Waals surface area contributed by atoms with E-state index in [1.165, 1.54) is 25.3 Å². The van der Waals surface area contributed by atoms with Gasteiger partial charge in [0.25, 0.3) is 0 Å². The van der Waals surface area contributed by atoms with Crippen molar-refractivity contribution in [3.05, 3.63) is 58.4 Å². The van der Waals surface area contributed by atoms with Crippen LogP contribution in [0.5, 0.6) is 5.75 Å². The number of methoxy groups -OCH3 is 1. The van der Waals surface area contributed by atoms with E-state index in [-0.39, 0.29) is 17.2 Å². The van der Waals surface area contributed by atoms with E-state index in [1.54, 1.807) is 18.2 Å². The molecular weight excluding hydrogens is 281 g/mol. The van der Waals surface area contributed by atoms with Gasteiger partial charge in [0.15, 0.2) is 5.78 Å². The zero-order valence-electron chi connectivity index (χ0n) is 10.8. The highest BCUT2D eigenvalue weighted by atomic mass is 35.5. The summed E-state index contributed by atoms with van der Waals surface area (Å²) in [7, 11) is 1.49. The maximum Gasteiger partial charge on any atom is 0.169 e. The smallest absolute Gasteiger partial charge is 0.169 e. The molecule has 2 N–H and O–H groups in total. The van der Waals surface area contributed by atoms with Gasteiger partial charge in [-0.3, -0.25) is 4.79 Å². The minimum Gasteiger partial charge on any atom is -0.495 e. The van der Waals surface area contributed by atoms with Crippen LogP contribution in [-0.4, -0.2) is 12.9 Å². The lowest BCUT2D eigenvalue weighted by molar-refractivity contribution is 0.0993. The first-order chi connectivity index (χ1) is 9.52. The number of hydrogen-bond acceptors (Lipinski definition) is 3. The predicted molar refractivity (Wildman–Crippen MR) is 76.9 cm³/mol. The van der Waals surface area contributed by atoms with Crippen molar-refractivity contribution in [1.82, 2.24) is 0 Å². The number of nitrogens with two attached hydrogens (primary N) is 1. The van der Waals surface area contributed by atoms with Gasteiger partial charge in [-0.25, -0.2) is 4.39 Å². The molecule has 20 heavy (non-hydrogen) atoms. The zero-order chi connectivity index (χ0) is 14.7. The van der Waals surface area contributed by atoms with E-state index >= 15 is 0 Å². The SMILES string of the molecule is COc1cccc(C(=O)Cc2ccc(F)c(Cl)c2)c1N. The van der Waals surface area contributed by atoms with E-state index in [4.69, 9.17) is 22.1 Å². The third-order valence-electron chi connectivity index (χ3n) is 2.94. The second kappa shape index (κ2) is 5.92. The van der Waals surface area contributed by atoms with Gasteiger partial charge in [-0.05, 0) is 29.8 Å². The van der Waals surface area contributed by atoms with Gasteiger partial charge < -0.3 is 10.5 Å². The Morgan fingerprint density at radius 1 is 1.35 bits per heavy atom. The maximum absolute atomic E-state index is 13.1. The number of nitrogen functional groups attached to an aromatic ring is 1. The van der Waals surface area contributed by atoms with Crippen LogP contribution >= 0.6 is 11.6 Å². The summed E-state index contributed by atoms with van der Waals surface area (Å²) in [5.41, 5.74) is 7.18. The molecule has 0 saturated carbocycles. The topological polar surface area (TPSA) is 52.3 Å². The van der Waals surface area contributed by atoms with Gasteiger partial charge in [-0.1, -0.05) is 23.7 Å². The van der Waals surface area contributed by atoms with Gasteiger partial charge in [0.1, 0.15) is 11.6 Å². The quantitative estimate of drug-likeness (QED) is 0.693. The Hall–Kier alpha value is -2.07. The monoisotopic (exact) mass is 293 g/mol. The summed E-state index contributed by atoms with van der Waals surface area (Å²) < 4.78 is 18.1. The first-order valence-electron chi connectivity index (χ1n) is 5.92. The summed E-state index contributed by atoms with van der Waals surface area (Å²) in [6.45, 7) is 0. The molecule has 0 unspecified atom stereocenters. The number of para-hydroxylation sites is 1. The van der Waals surface area contributed by atoms with Crippen LogP contribution in [0.2, 0.25) is 5.02 Å². The Morgan fingerprint density at radius 3 is 2.75 bits per heavy atom. The molecule has 0 saturated heterocycles. The summed E-state index contributed by atoms with van der Waals surface area (Å²) >= 11 is 5.69. The van der Waals surface area contributed by atoms with Gasteiger partial charge in [0.05, 0.1) is 17.8 Å². The number of Topliss-reactive ketones (excluding diaryl/α,β-unsaturated/α-hetero) is 1. The fourth-order valence-corrected chi connectivity index (χ4v) is 2.10. The summed E-state index contributed by atoms with van der Waals surface area (Å²) in [6.07, 6.45) is 0.0946. The zero-order valence-corrected chi connectivity index (χ0v) is 11.6. The molecule has 0 heterocycles. The molecule has 0 aliphatic carbocycles. The van der Waals surface area contributed by atoms with Crippen molar-refractivity contribution >= 4 is 23.1 Å². The standard InChI is InChI=1S/C15H13ClFNO2/c1-20-14-4-2-3-10(15(14)18)13(19)8-9-5-6-12(17)11(16)7-9/h2-7H,8,18H2,1H3. The number of ketones is 1. The fraction of sp³-hybridized carbons (Fsp3) is 0.133. The van der Waals surface area contributed by atoms with Crippen molar-refractivity contribution in [2.75, 3.05) is 12.8 Å². The Bertz CT molecular complexity index is 658. The molecule has 5 heteroatoms. The number of anilines is 1. The van der Waals surface area contributed by atoms with Crippen molar-refractivity contribution < 1.29 is 13.9 Å². The predicted octanol–water partition coefficient (Wildman–Crippen LogP) is 3.50. The normalized spacial score (nSPS) is 10.3.